The number of aromatic hydroxyl groups is 1. The molecule has 3 N–H and O–H groups in total. The first-order valence-electron chi connectivity index (χ1n) is 7.25. The molecular formula is C18H15NO5. The molecule has 122 valence electrons. The van der Waals surface area contributed by atoms with Gasteiger partial charge in [0.15, 0.2) is 17.3 Å². The fraction of sp³-hybridized carbons (Fsp3) is 0.111. The summed E-state index contributed by atoms with van der Waals surface area (Å²) < 4.78 is 10.5. The summed E-state index contributed by atoms with van der Waals surface area (Å²) in [7, 11) is 0. The summed E-state index contributed by atoms with van der Waals surface area (Å²) in [5.74, 6) is 0.251. The molecule has 0 atom stereocenters. The summed E-state index contributed by atoms with van der Waals surface area (Å²) in [5, 5.41) is 9.86. The molecule has 0 radical (unpaired) electrons. The Morgan fingerprint density at radius 1 is 1.12 bits per heavy atom. The average molecular weight is 325 g/mol. The zero-order valence-corrected chi connectivity index (χ0v) is 12.7. The zero-order valence-electron chi connectivity index (χ0n) is 12.7. The van der Waals surface area contributed by atoms with Crippen molar-refractivity contribution in [1.82, 2.24) is 0 Å². The summed E-state index contributed by atoms with van der Waals surface area (Å²) in [5.41, 5.74) is 6.60. The maximum absolute atomic E-state index is 12.3. The third-order valence-electron chi connectivity index (χ3n) is 3.53. The van der Waals surface area contributed by atoms with Gasteiger partial charge in [-0.25, -0.2) is 0 Å². The van der Waals surface area contributed by atoms with E-state index in [9.17, 15) is 14.7 Å². The van der Waals surface area contributed by atoms with E-state index in [1.807, 2.05) is 0 Å². The molecule has 6 heteroatoms. The topological polar surface area (TPSA) is 98.9 Å². The molecule has 0 aliphatic carbocycles. The Hall–Kier alpha value is -3.28. The number of ether oxygens (including phenoxy) is 2. The molecule has 1 heterocycles. The number of ketones is 1. The van der Waals surface area contributed by atoms with Gasteiger partial charge in [0.1, 0.15) is 5.75 Å². The smallest absolute Gasteiger partial charge is 0.231 e. The van der Waals surface area contributed by atoms with Crippen LogP contribution in [0.3, 0.4) is 0 Å². The van der Waals surface area contributed by atoms with E-state index >= 15 is 0 Å². The van der Waals surface area contributed by atoms with Crippen molar-refractivity contribution in [2.75, 3.05) is 6.79 Å². The third kappa shape index (κ3) is 3.38. The van der Waals surface area contributed by atoms with E-state index in [0.717, 1.165) is 5.56 Å². The first-order valence-corrected chi connectivity index (χ1v) is 7.25. The Balaban J connectivity index is 1.80. The van der Waals surface area contributed by atoms with Crippen LogP contribution in [0.4, 0.5) is 0 Å². The van der Waals surface area contributed by atoms with Gasteiger partial charge in [-0.15, -0.1) is 0 Å². The molecule has 0 unspecified atom stereocenters. The lowest BCUT2D eigenvalue weighted by molar-refractivity contribution is -0.117. The van der Waals surface area contributed by atoms with Gasteiger partial charge in [-0.2, -0.15) is 0 Å². The number of carbonyl (C=O) groups excluding carboxylic acids is 2. The van der Waals surface area contributed by atoms with Crippen LogP contribution in [0.5, 0.6) is 17.2 Å². The molecule has 0 spiro atoms. The SMILES string of the molecule is NC(=O)Cc1ccc(O)c(C(=O)/C=C/c2ccc3c(c2)OCO3)c1. The summed E-state index contributed by atoms with van der Waals surface area (Å²) in [6.07, 6.45) is 2.97. The Morgan fingerprint density at radius 2 is 1.92 bits per heavy atom. The molecule has 0 saturated heterocycles. The third-order valence-corrected chi connectivity index (χ3v) is 3.53. The second kappa shape index (κ2) is 6.45. The van der Waals surface area contributed by atoms with Crippen LogP contribution in [0.2, 0.25) is 0 Å². The van der Waals surface area contributed by atoms with Gasteiger partial charge in [0, 0.05) is 0 Å². The Bertz CT molecular complexity index is 841. The van der Waals surface area contributed by atoms with Gasteiger partial charge < -0.3 is 20.3 Å². The molecule has 0 bridgehead atoms. The van der Waals surface area contributed by atoms with E-state index in [-0.39, 0.29) is 30.3 Å². The number of hydrogen-bond donors (Lipinski definition) is 2. The molecule has 1 aliphatic rings. The molecule has 2 aromatic rings. The fourth-order valence-corrected chi connectivity index (χ4v) is 2.37. The van der Waals surface area contributed by atoms with Crippen LogP contribution in [0.1, 0.15) is 21.5 Å². The van der Waals surface area contributed by atoms with Crippen LogP contribution in [0.25, 0.3) is 6.08 Å². The highest BCUT2D eigenvalue weighted by atomic mass is 16.7. The number of primary amides is 1. The number of nitrogens with two attached hydrogens (primary N) is 1. The van der Waals surface area contributed by atoms with Gasteiger partial charge in [0.05, 0.1) is 12.0 Å². The van der Waals surface area contributed by atoms with Crippen molar-refractivity contribution in [1.29, 1.82) is 0 Å². The van der Waals surface area contributed by atoms with Crippen molar-refractivity contribution < 1.29 is 24.2 Å². The number of fused-ring (bicyclic) bond motifs is 1. The van der Waals surface area contributed by atoms with Crippen molar-refractivity contribution in [3.05, 3.63) is 59.2 Å². The van der Waals surface area contributed by atoms with Crippen LogP contribution >= 0.6 is 0 Å². The van der Waals surface area contributed by atoms with Gasteiger partial charge in [0.25, 0.3) is 0 Å². The fourth-order valence-electron chi connectivity index (χ4n) is 2.37. The van der Waals surface area contributed by atoms with E-state index in [4.69, 9.17) is 15.2 Å². The number of phenols is 1. The Labute approximate surface area is 138 Å². The van der Waals surface area contributed by atoms with Gasteiger partial charge in [-0.3, -0.25) is 9.59 Å². The van der Waals surface area contributed by atoms with E-state index in [2.05, 4.69) is 0 Å². The van der Waals surface area contributed by atoms with Gasteiger partial charge >= 0.3 is 0 Å². The normalized spacial score (nSPS) is 12.5. The molecule has 3 rings (SSSR count). The van der Waals surface area contributed by atoms with Crippen molar-refractivity contribution in [2.45, 2.75) is 6.42 Å². The minimum atomic E-state index is -0.505. The van der Waals surface area contributed by atoms with Crippen molar-refractivity contribution in [3.8, 4) is 17.2 Å². The first-order chi connectivity index (χ1) is 11.5. The quantitative estimate of drug-likeness (QED) is 0.647. The summed E-state index contributed by atoms with van der Waals surface area (Å²) in [4.78, 5) is 23.3. The van der Waals surface area contributed by atoms with E-state index in [1.54, 1.807) is 30.3 Å². The van der Waals surface area contributed by atoms with Gasteiger partial charge in [-0.05, 0) is 41.5 Å². The molecule has 1 aliphatic heterocycles. The van der Waals surface area contributed by atoms with Gasteiger partial charge in [0.2, 0.25) is 12.7 Å². The second-order valence-electron chi connectivity index (χ2n) is 5.30. The maximum atomic E-state index is 12.3. The van der Waals surface area contributed by atoms with Crippen LogP contribution in [-0.2, 0) is 11.2 Å². The number of hydrogen-bond acceptors (Lipinski definition) is 5. The molecule has 0 aromatic heterocycles. The summed E-state index contributed by atoms with van der Waals surface area (Å²) in [6, 6.07) is 9.71. The lowest BCUT2D eigenvalue weighted by Crippen LogP contribution is -2.13. The van der Waals surface area contributed by atoms with Crippen LogP contribution in [0.15, 0.2) is 42.5 Å². The maximum Gasteiger partial charge on any atom is 0.231 e. The molecule has 6 nitrogen and oxygen atoms in total. The Kier molecular flexibility index (Phi) is 4.20. The first kappa shape index (κ1) is 15.6. The lowest BCUT2D eigenvalue weighted by atomic mass is 10.0. The number of carbonyl (C=O) groups is 2. The van der Waals surface area contributed by atoms with E-state index in [0.29, 0.717) is 17.1 Å². The average Bonchev–Trinajstić information content (AvgIpc) is 3.01. The molecular weight excluding hydrogens is 310 g/mol. The highest BCUT2D eigenvalue weighted by Crippen LogP contribution is 2.32. The lowest BCUT2D eigenvalue weighted by Gasteiger charge is -2.04. The molecule has 0 saturated carbocycles. The minimum Gasteiger partial charge on any atom is -0.507 e. The van der Waals surface area contributed by atoms with E-state index < -0.39 is 5.91 Å². The van der Waals surface area contributed by atoms with E-state index in [1.165, 1.54) is 18.2 Å². The minimum absolute atomic E-state index is 0.00638. The Morgan fingerprint density at radius 3 is 2.71 bits per heavy atom. The molecule has 2 aromatic carbocycles. The number of rotatable bonds is 5. The predicted molar refractivity (Wildman–Crippen MR) is 86.9 cm³/mol. The number of benzene rings is 2. The highest BCUT2D eigenvalue weighted by molar-refractivity contribution is 6.08. The molecule has 24 heavy (non-hydrogen) atoms. The second-order valence-corrected chi connectivity index (χ2v) is 5.30. The largest absolute Gasteiger partial charge is 0.507 e. The number of phenolic OH excluding ortho intramolecular Hbond substituents is 1. The highest BCUT2D eigenvalue weighted by Gasteiger charge is 2.13. The van der Waals surface area contributed by atoms with Crippen molar-refractivity contribution >= 4 is 17.8 Å². The zero-order chi connectivity index (χ0) is 17.1. The van der Waals surface area contributed by atoms with Crippen molar-refractivity contribution in [3.63, 3.8) is 0 Å². The molecule has 0 fully saturated rings. The summed E-state index contributed by atoms with van der Waals surface area (Å²) >= 11 is 0. The standard InChI is InChI=1S/C18H15NO5/c19-18(22)9-12-2-5-15(21)13(7-12)14(20)4-1-11-3-6-16-17(8-11)24-10-23-16/h1-8,21H,9-10H2,(H2,19,22)/b4-1+. The number of allylic oxidation sites excluding steroid dienone is 1. The van der Waals surface area contributed by atoms with Crippen LogP contribution in [0, 0.1) is 0 Å². The van der Waals surface area contributed by atoms with Crippen LogP contribution in [-0.4, -0.2) is 23.6 Å². The number of amides is 1. The summed E-state index contributed by atoms with van der Waals surface area (Å²) in [6.45, 7) is 0.182. The van der Waals surface area contributed by atoms with Crippen molar-refractivity contribution in [2.24, 2.45) is 5.73 Å². The van der Waals surface area contributed by atoms with Gasteiger partial charge in [-0.1, -0.05) is 18.2 Å². The van der Waals surface area contributed by atoms with Crippen LogP contribution < -0.4 is 15.2 Å². The monoisotopic (exact) mass is 325 g/mol. The predicted octanol–water partition coefficient (Wildman–Crippen LogP) is 2.04. The molecule has 1 amide bonds.